The van der Waals surface area contributed by atoms with Gasteiger partial charge in [0, 0.05) is 24.2 Å². The fourth-order valence-corrected chi connectivity index (χ4v) is 2.98. The van der Waals surface area contributed by atoms with Crippen molar-refractivity contribution < 1.29 is 10.2 Å². The van der Waals surface area contributed by atoms with Crippen LogP contribution in [-0.4, -0.2) is 48.2 Å². The minimum absolute atomic E-state index is 0. The second-order valence-corrected chi connectivity index (χ2v) is 7.41. The lowest BCUT2D eigenvalue weighted by atomic mass is 9.95. The van der Waals surface area contributed by atoms with Crippen LogP contribution in [0.1, 0.15) is 36.1 Å². The summed E-state index contributed by atoms with van der Waals surface area (Å²) in [6.45, 7) is 5.49. The number of rotatable bonds is 6. The number of phenolic OH excluding ortho intramolecular Hbond substituents is 2. The average molecular weight is 427 g/mol. The predicted octanol–water partition coefficient (Wildman–Crippen LogP) is 5.02. The van der Waals surface area contributed by atoms with Gasteiger partial charge in [-0.2, -0.15) is 0 Å². The fraction of sp³-hybridized carbons (Fsp3) is 0.364. The molecule has 0 aliphatic heterocycles. The highest BCUT2D eigenvalue weighted by atomic mass is 35.5. The van der Waals surface area contributed by atoms with Crippen LogP contribution in [0.25, 0.3) is 11.1 Å². The Morgan fingerprint density at radius 2 is 1.00 bits per heavy atom. The molecule has 4 nitrogen and oxygen atoms in total. The topological polar surface area (TPSA) is 46.9 Å². The summed E-state index contributed by atoms with van der Waals surface area (Å²) in [6, 6.07) is 11.7. The second-order valence-electron chi connectivity index (χ2n) is 7.41. The van der Waals surface area contributed by atoms with Gasteiger partial charge in [-0.25, -0.2) is 0 Å². The third kappa shape index (κ3) is 6.71. The van der Waals surface area contributed by atoms with E-state index in [0.717, 1.165) is 33.4 Å². The molecule has 2 aromatic carbocycles. The Morgan fingerprint density at radius 3 is 1.25 bits per heavy atom. The van der Waals surface area contributed by atoms with Crippen molar-refractivity contribution in [3.05, 3.63) is 58.7 Å². The largest absolute Gasteiger partial charge is 0.508 e. The zero-order valence-electron chi connectivity index (χ0n) is 17.5. The summed E-state index contributed by atoms with van der Waals surface area (Å²) in [6.07, 6.45) is 0. The number of nitrogens with zero attached hydrogens (tertiary/aromatic N) is 2. The van der Waals surface area contributed by atoms with Gasteiger partial charge in [0.05, 0.1) is 0 Å². The molecule has 0 radical (unpaired) electrons. The van der Waals surface area contributed by atoms with Crippen LogP contribution in [0.5, 0.6) is 11.5 Å². The number of hydrogen-bond acceptors (Lipinski definition) is 4. The van der Waals surface area contributed by atoms with Gasteiger partial charge in [0.15, 0.2) is 0 Å². The first-order valence-corrected chi connectivity index (χ1v) is 8.80. The molecule has 28 heavy (non-hydrogen) atoms. The molecule has 0 saturated carbocycles. The highest BCUT2D eigenvalue weighted by molar-refractivity contribution is 5.89. The van der Waals surface area contributed by atoms with E-state index in [1.807, 2.05) is 88.2 Å². The number of phenols is 2. The van der Waals surface area contributed by atoms with Crippen LogP contribution in [-0.2, 0) is 13.1 Å². The Morgan fingerprint density at radius 1 is 0.679 bits per heavy atom. The summed E-state index contributed by atoms with van der Waals surface area (Å²) in [4.78, 5) is 4.06. The Bertz CT molecular complexity index is 751. The van der Waals surface area contributed by atoms with E-state index < -0.39 is 0 Å². The van der Waals surface area contributed by atoms with Gasteiger partial charge in [-0.05, 0) is 76.4 Å². The molecular formula is C22H32Cl2N2O2. The summed E-state index contributed by atoms with van der Waals surface area (Å²) >= 11 is 0. The number of hydrogen-bond donors (Lipinski definition) is 2. The third-order valence-corrected chi connectivity index (χ3v) is 4.57. The van der Waals surface area contributed by atoms with Crippen molar-refractivity contribution >= 4 is 36.0 Å². The maximum atomic E-state index is 10.3. The van der Waals surface area contributed by atoms with E-state index in [1.165, 1.54) is 0 Å². The Labute approximate surface area is 181 Å². The van der Waals surface area contributed by atoms with E-state index in [1.54, 1.807) is 0 Å². The van der Waals surface area contributed by atoms with Gasteiger partial charge < -0.3 is 20.0 Å². The Balaban J connectivity index is 0.00000364. The molecule has 2 N–H and O–H groups in total. The minimum Gasteiger partial charge on any atom is -0.508 e. The SMILES string of the molecule is C/C(=C(/C)c1ccc(CN(C)C)c(O)c1)c1ccc(CN(C)C)c(O)c1.Cl.Cl. The molecule has 0 unspecified atom stereocenters. The third-order valence-electron chi connectivity index (χ3n) is 4.57. The van der Waals surface area contributed by atoms with Gasteiger partial charge in [-0.1, -0.05) is 24.3 Å². The summed E-state index contributed by atoms with van der Waals surface area (Å²) in [5.74, 6) is 0.625. The van der Waals surface area contributed by atoms with E-state index in [0.29, 0.717) is 24.6 Å². The average Bonchev–Trinajstić information content (AvgIpc) is 2.56. The first-order valence-electron chi connectivity index (χ1n) is 8.80. The highest BCUT2D eigenvalue weighted by Crippen LogP contribution is 2.31. The molecule has 0 atom stereocenters. The molecule has 0 amide bonds. The number of aromatic hydroxyl groups is 2. The molecule has 0 aliphatic carbocycles. The fourth-order valence-electron chi connectivity index (χ4n) is 2.98. The van der Waals surface area contributed by atoms with Crippen molar-refractivity contribution in [2.45, 2.75) is 26.9 Å². The molecule has 6 heteroatoms. The number of halogens is 2. The van der Waals surface area contributed by atoms with Crippen LogP contribution in [0.4, 0.5) is 0 Å². The van der Waals surface area contributed by atoms with Crippen LogP contribution in [0.3, 0.4) is 0 Å². The van der Waals surface area contributed by atoms with Crippen LogP contribution >= 0.6 is 24.8 Å². The molecule has 0 aliphatic rings. The first-order chi connectivity index (χ1) is 12.2. The highest BCUT2D eigenvalue weighted by Gasteiger charge is 2.10. The number of benzene rings is 2. The van der Waals surface area contributed by atoms with Gasteiger partial charge in [-0.15, -0.1) is 24.8 Å². The van der Waals surface area contributed by atoms with Gasteiger partial charge >= 0.3 is 0 Å². The quantitative estimate of drug-likeness (QED) is 0.636. The van der Waals surface area contributed by atoms with E-state index in [2.05, 4.69) is 0 Å². The molecule has 0 aromatic heterocycles. The van der Waals surface area contributed by atoms with E-state index in [4.69, 9.17) is 0 Å². The Kier molecular flexibility index (Phi) is 10.6. The first kappa shape index (κ1) is 26.3. The van der Waals surface area contributed by atoms with E-state index in [-0.39, 0.29) is 24.8 Å². The maximum Gasteiger partial charge on any atom is 0.120 e. The predicted molar refractivity (Wildman–Crippen MR) is 124 cm³/mol. The summed E-state index contributed by atoms with van der Waals surface area (Å²) in [5.41, 5.74) is 5.96. The van der Waals surface area contributed by atoms with Crippen molar-refractivity contribution in [2.24, 2.45) is 0 Å². The van der Waals surface area contributed by atoms with Crippen LogP contribution in [0.2, 0.25) is 0 Å². The smallest absolute Gasteiger partial charge is 0.120 e. The van der Waals surface area contributed by atoms with Crippen LogP contribution < -0.4 is 0 Å². The molecule has 0 bridgehead atoms. The molecule has 0 spiro atoms. The van der Waals surface area contributed by atoms with Crippen molar-refractivity contribution in [3.8, 4) is 11.5 Å². The van der Waals surface area contributed by atoms with Crippen LogP contribution in [0.15, 0.2) is 36.4 Å². The van der Waals surface area contributed by atoms with Gasteiger partial charge in [0.2, 0.25) is 0 Å². The van der Waals surface area contributed by atoms with Crippen molar-refractivity contribution in [1.29, 1.82) is 0 Å². The molecule has 0 fully saturated rings. The lowest BCUT2D eigenvalue weighted by Gasteiger charge is -2.15. The minimum atomic E-state index is 0. The summed E-state index contributed by atoms with van der Waals surface area (Å²) < 4.78 is 0. The van der Waals surface area contributed by atoms with Crippen LogP contribution in [0, 0.1) is 0 Å². The second kappa shape index (κ2) is 11.3. The Hall–Kier alpha value is -1.72. The molecule has 156 valence electrons. The molecule has 0 heterocycles. The summed E-state index contributed by atoms with van der Waals surface area (Å²) in [5, 5.41) is 20.6. The normalized spacial score (nSPS) is 11.7. The lowest BCUT2D eigenvalue weighted by molar-refractivity contribution is 0.386. The molecule has 0 saturated heterocycles. The molecular weight excluding hydrogens is 395 g/mol. The summed E-state index contributed by atoms with van der Waals surface area (Å²) in [7, 11) is 7.92. The van der Waals surface area contributed by atoms with Crippen molar-refractivity contribution in [2.75, 3.05) is 28.2 Å². The maximum absolute atomic E-state index is 10.3. The number of allylic oxidation sites excluding steroid dienone is 2. The zero-order chi connectivity index (χ0) is 19.4. The van der Waals surface area contributed by atoms with E-state index in [9.17, 15) is 10.2 Å². The lowest BCUT2D eigenvalue weighted by Crippen LogP contribution is -2.10. The standard InChI is InChI=1S/C22H30N2O2.2ClH/c1-15(17-7-9-19(13-23(3)4)21(25)11-17)16(2)18-8-10-20(14-24(5)6)22(26)12-18;;/h7-12,25-26H,13-14H2,1-6H3;2*1H/b16-15+;;. The molecule has 2 rings (SSSR count). The van der Waals surface area contributed by atoms with Gasteiger partial charge in [-0.3, -0.25) is 0 Å². The zero-order valence-corrected chi connectivity index (χ0v) is 19.1. The van der Waals surface area contributed by atoms with Crippen molar-refractivity contribution in [3.63, 3.8) is 0 Å². The van der Waals surface area contributed by atoms with Gasteiger partial charge in [0.1, 0.15) is 11.5 Å². The van der Waals surface area contributed by atoms with Crippen molar-refractivity contribution in [1.82, 2.24) is 9.80 Å². The van der Waals surface area contributed by atoms with Gasteiger partial charge in [0.25, 0.3) is 0 Å². The van der Waals surface area contributed by atoms with E-state index >= 15 is 0 Å². The molecule has 2 aromatic rings. The monoisotopic (exact) mass is 426 g/mol.